The first-order valence-corrected chi connectivity index (χ1v) is 5.35. The minimum absolute atomic E-state index is 0.0649. The van der Waals surface area contributed by atoms with Gasteiger partial charge in [0.05, 0.1) is 5.69 Å². The molecule has 1 heterocycles. The monoisotopic (exact) mass is 209 g/mol. The molecule has 0 saturated heterocycles. The quantitative estimate of drug-likeness (QED) is 0.765. The molecule has 1 N–H and O–H groups in total. The maximum absolute atomic E-state index is 11.6. The lowest BCUT2D eigenvalue weighted by molar-refractivity contribution is -0.124. The summed E-state index contributed by atoms with van der Waals surface area (Å²) in [7, 11) is 1.56. The number of fused-ring (bicyclic) bond motifs is 1. The van der Waals surface area contributed by atoms with E-state index in [2.05, 4.69) is 5.32 Å². The second-order valence-electron chi connectivity index (χ2n) is 3.02. The van der Waals surface area contributed by atoms with Gasteiger partial charge in [-0.3, -0.25) is 4.79 Å². The van der Waals surface area contributed by atoms with Gasteiger partial charge in [0.1, 0.15) is 6.10 Å². The molecule has 1 unspecified atom stereocenters. The summed E-state index contributed by atoms with van der Waals surface area (Å²) in [5, 5.41) is 2.84. The lowest BCUT2D eigenvalue weighted by atomic mass is 10.3. The highest BCUT2D eigenvalue weighted by Crippen LogP contribution is 2.30. The van der Waals surface area contributed by atoms with Crippen LogP contribution in [0.5, 0.6) is 0 Å². The summed E-state index contributed by atoms with van der Waals surface area (Å²) in [6, 6.07) is 7.77. The molecule has 0 aromatic heterocycles. The van der Waals surface area contributed by atoms with E-state index in [0.717, 1.165) is 10.6 Å². The van der Waals surface area contributed by atoms with E-state index in [9.17, 15) is 4.79 Å². The fraction of sp³-hybridized carbons (Fsp3) is 0.300. The molecule has 1 aliphatic rings. The number of methoxy groups -OCH3 is 1. The predicted octanol–water partition coefficient (Wildman–Crippen LogP) is 1.75. The number of carbonyl (C=O) groups excluding carboxylic acids is 1. The number of para-hydroxylation sites is 1. The summed E-state index contributed by atoms with van der Waals surface area (Å²) in [6.07, 6.45) is -0.354. The molecule has 1 aliphatic heterocycles. The summed E-state index contributed by atoms with van der Waals surface area (Å²) < 4.78 is 5.08. The van der Waals surface area contributed by atoms with Gasteiger partial charge >= 0.3 is 0 Å². The van der Waals surface area contributed by atoms with E-state index in [0.29, 0.717) is 5.75 Å². The number of benzene rings is 1. The van der Waals surface area contributed by atoms with Gasteiger partial charge in [-0.05, 0) is 12.1 Å². The van der Waals surface area contributed by atoms with Crippen molar-refractivity contribution in [1.82, 2.24) is 0 Å². The SMILES string of the molecule is COC1CSc2ccccc2NC1=O. The van der Waals surface area contributed by atoms with Gasteiger partial charge in [-0.1, -0.05) is 12.1 Å². The van der Waals surface area contributed by atoms with Crippen molar-refractivity contribution in [3.8, 4) is 0 Å². The number of nitrogens with one attached hydrogen (secondary N) is 1. The molecule has 0 radical (unpaired) electrons. The number of carbonyl (C=O) groups is 1. The molecule has 74 valence electrons. The predicted molar refractivity (Wildman–Crippen MR) is 56.6 cm³/mol. The third kappa shape index (κ3) is 1.76. The van der Waals surface area contributed by atoms with Crippen molar-refractivity contribution in [2.24, 2.45) is 0 Å². The summed E-state index contributed by atoms with van der Waals surface area (Å²) in [4.78, 5) is 12.7. The van der Waals surface area contributed by atoms with E-state index in [-0.39, 0.29) is 12.0 Å². The summed E-state index contributed by atoms with van der Waals surface area (Å²) >= 11 is 1.64. The van der Waals surface area contributed by atoms with Crippen LogP contribution in [0.4, 0.5) is 5.69 Å². The Balaban J connectivity index is 2.28. The van der Waals surface area contributed by atoms with Gasteiger partial charge in [0.2, 0.25) is 0 Å². The highest BCUT2D eigenvalue weighted by atomic mass is 32.2. The Morgan fingerprint density at radius 1 is 1.50 bits per heavy atom. The zero-order valence-electron chi connectivity index (χ0n) is 7.82. The minimum atomic E-state index is -0.354. The Labute approximate surface area is 86.8 Å². The lowest BCUT2D eigenvalue weighted by Crippen LogP contribution is -2.30. The normalized spacial score (nSPS) is 20.9. The van der Waals surface area contributed by atoms with Crippen molar-refractivity contribution in [3.63, 3.8) is 0 Å². The van der Waals surface area contributed by atoms with E-state index in [1.807, 2.05) is 24.3 Å². The van der Waals surface area contributed by atoms with E-state index >= 15 is 0 Å². The first kappa shape index (κ1) is 9.55. The van der Waals surface area contributed by atoms with Gasteiger partial charge in [-0.15, -0.1) is 11.8 Å². The number of hydrogen-bond acceptors (Lipinski definition) is 3. The van der Waals surface area contributed by atoms with Crippen LogP contribution in [0.2, 0.25) is 0 Å². The van der Waals surface area contributed by atoms with Gasteiger partial charge in [0, 0.05) is 17.8 Å². The standard InChI is InChI=1S/C10H11NO2S/c1-13-8-6-14-9-5-3-2-4-7(9)11-10(8)12/h2-5,8H,6H2,1H3,(H,11,12). The molecule has 1 amide bonds. The van der Waals surface area contributed by atoms with Crippen LogP contribution in [0.1, 0.15) is 0 Å². The Kier molecular flexibility index (Phi) is 2.74. The van der Waals surface area contributed by atoms with Crippen molar-refractivity contribution in [1.29, 1.82) is 0 Å². The maximum atomic E-state index is 11.6. The smallest absolute Gasteiger partial charge is 0.254 e. The molecule has 4 heteroatoms. The molecule has 0 bridgehead atoms. The van der Waals surface area contributed by atoms with Crippen molar-refractivity contribution in [2.45, 2.75) is 11.0 Å². The van der Waals surface area contributed by atoms with Gasteiger partial charge in [-0.2, -0.15) is 0 Å². The zero-order valence-corrected chi connectivity index (χ0v) is 8.64. The minimum Gasteiger partial charge on any atom is -0.371 e. The number of anilines is 1. The molecule has 2 rings (SSSR count). The van der Waals surface area contributed by atoms with Crippen LogP contribution in [-0.4, -0.2) is 24.9 Å². The van der Waals surface area contributed by atoms with Crippen molar-refractivity contribution < 1.29 is 9.53 Å². The van der Waals surface area contributed by atoms with Crippen LogP contribution in [0.15, 0.2) is 29.2 Å². The molecule has 1 aromatic rings. The first-order chi connectivity index (χ1) is 6.81. The summed E-state index contributed by atoms with van der Waals surface area (Å²) in [5.41, 5.74) is 0.877. The van der Waals surface area contributed by atoms with Crippen LogP contribution >= 0.6 is 11.8 Å². The molecule has 1 aromatic carbocycles. The topological polar surface area (TPSA) is 38.3 Å². The molecular formula is C10H11NO2S. The third-order valence-electron chi connectivity index (χ3n) is 2.11. The van der Waals surface area contributed by atoms with Crippen molar-refractivity contribution >= 4 is 23.4 Å². The zero-order chi connectivity index (χ0) is 9.97. The Hall–Kier alpha value is -1.00. The van der Waals surface area contributed by atoms with Crippen molar-refractivity contribution in [2.75, 3.05) is 18.2 Å². The van der Waals surface area contributed by atoms with Gasteiger partial charge in [0.15, 0.2) is 0 Å². The van der Waals surface area contributed by atoms with E-state index < -0.39 is 0 Å². The van der Waals surface area contributed by atoms with Crippen LogP contribution in [-0.2, 0) is 9.53 Å². The highest BCUT2D eigenvalue weighted by molar-refractivity contribution is 7.99. The number of thioether (sulfide) groups is 1. The first-order valence-electron chi connectivity index (χ1n) is 4.37. The van der Waals surface area contributed by atoms with Gasteiger partial charge in [0.25, 0.3) is 5.91 Å². The Bertz CT molecular complexity index is 354. The molecule has 0 aliphatic carbocycles. The van der Waals surface area contributed by atoms with Crippen LogP contribution < -0.4 is 5.32 Å². The van der Waals surface area contributed by atoms with E-state index in [1.54, 1.807) is 18.9 Å². The van der Waals surface area contributed by atoms with Crippen molar-refractivity contribution in [3.05, 3.63) is 24.3 Å². The molecule has 3 nitrogen and oxygen atoms in total. The third-order valence-corrected chi connectivity index (χ3v) is 3.25. The van der Waals surface area contributed by atoms with Crippen LogP contribution in [0.25, 0.3) is 0 Å². The second kappa shape index (κ2) is 4.02. The maximum Gasteiger partial charge on any atom is 0.254 e. The molecule has 0 saturated carbocycles. The molecule has 1 atom stereocenters. The number of hydrogen-bond donors (Lipinski definition) is 1. The molecule has 0 spiro atoms. The summed E-state index contributed by atoms with van der Waals surface area (Å²) in [5.74, 6) is 0.601. The fourth-order valence-electron chi connectivity index (χ4n) is 1.33. The number of rotatable bonds is 1. The Morgan fingerprint density at radius 2 is 2.29 bits per heavy atom. The largest absolute Gasteiger partial charge is 0.371 e. The van der Waals surface area contributed by atoms with Crippen LogP contribution in [0, 0.1) is 0 Å². The molecule has 14 heavy (non-hydrogen) atoms. The Morgan fingerprint density at radius 3 is 3.07 bits per heavy atom. The van der Waals surface area contributed by atoms with Crippen LogP contribution in [0.3, 0.4) is 0 Å². The fourth-order valence-corrected chi connectivity index (χ4v) is 2.39. The van der Waals surface area contributed by atoms with E-state index in [4.69, 9.17) is 4.74 Å². The van der Waals surface area contributed by atoms with Gasteiger partial charge < -0.3 is 10.1 Å². The number of ether oxygens (including phenoxy) is 1. The summed E-state index contributed by atoms with van der Waals surface area (Å²) in [6.45, 7) is 0. The van der Waals surface area contributed by atoms with Gasteiger partial charge in [-0.25, -0.2) is 0 Å². The molecule has 0 fully saturated rings. The second-order valence-corrected chi connectivity index (χ2v) is 4.08. The molecular weight excluding hydrogens is 198 g/mol. The average molecular weight is 209 g/mol. The highest BCUT2D eigenvalue weighted by Gasteiger charge is 2.22. The van der Waals surface area contributed by atoms with E-state index in [1.165, 1.54) is 0 Å². The lowest BCUT2D eigenvalue weighted by Gasteiger charge is -2.09. The average Bonchev–Trinajstić information content (AvgIpc) is 2.36. The number of amides is 1.